The zero-order valence-electron chi connectivity index (χ0n) is 8.22. The van der Waals surface area contributed by atoms with E-state index in [1.54, 1.807) is 6.92 Å². The van der Waals surface area contributed by atoms with Gasteiger partial charge >= 0.3 is 0 Å². The van der Waals surface area contributed by atoms with Crippen molar-refractivity contribution in [3.8, 4) is 0 Å². The second-order valence-electron chi connectivity index (χ2n) is 2.72. The van der Waals surface area contributed by atoms with Gasteiger partial charge in [0.25, 0.3) is 0 Å². The summed E-state index contributed by atoms with van der Waals surface area (Å²) in [6.07, 6.45) is 0. The quantitative estimate of drug-likeness (QED) is 0.300. The van der Waals surface area contributed by atoms with Crippen molar-refractivity contribution in [3.05, 3.63) is 29.8 Å². The van der Waals surface area contributed by atoms with E-state index in [2.05, 4.69) is 15.7 Å². The number of nitrogens with one attached hydrogen (secondary N) is 2. The number of hydrogen-bond donors (Lipinski definition) is 3. The van der Waals surface area contributed by atoms with Gasteiger partial charge in [-0.1, -0.05) is 0 Å². The van der Waals surface area contributed by atoms with Crippen LogP contribution in [0.15, 0.2) is 23.2 Å². The van der Waals surface area contributed by atoms with E-state index >= 15 is 0 Å². The summed E-state index contributed by atoms with van der Waals surface area (Å²) >= 11 is 0. The van der Waals surface area contributed by atoms with Crippen LogP contribution in [-0.2, 0) is 0 Å². The summed E-state index contributed by atoms with van der Waals surface area (Å²) in [5, 5.41) is 2.54. The summed E-state index contributed by atoms with van der Waals surface area (Å²) in [6.45, 7) is 2.27. The van der Waals surface area contributed by atoms with Gasteiger partial charge in [-0.05, 0) is 19.1 Å². The number of rotatable bonds is 2. The molecule has 15 heavy (non-hydrogen) atoms. The van der Waals surface area contributed by atoms with Crippen LogP contribution in [0, 0.1) is 11.6 Å². The van der Waals surface area contributed by atoms with Crippen LogP contribution in [0.5, 0.6) is 0 Å². The molecule has 0 heterocycles. The van der Waals surface area contributed by atoms with Crippen LogP contribution in [0.25, 0.3) is 0 Å². The molecular weight excluding hydrogens is 202 g/mol. The molecule has 6 heteroatoms. The fourth-order valence-corrected chi connectivity index (χ4v) is 1.00. The lowest BCUT2D eigenvalue weighted by Gasteiger charge is -2.09. The van der Waals surface area contributed by atoms with E-state index in [-0.39, 0.29) is 11.6 Å². The van der Waals surface area contributed by atoms with Crippen molar-refractivity contribution >= 4 is 11.6 Å². The smallest absolute Gasteiger partial charge is 0.210 e. The van der Waals surface area contributed by atoms with Crippen molar-refractivity contribution in [2.24, 2.45) is 10.8 Å². The van der Waals surface area contributed by atoms with Gasteiger partial charge in [0.2, 0.25) is 5.96 Å². The lowest BCUT2D eigenvalue weighted by Crippen LogP contribution is -2.36. The maximum Gasteiger partial charge on any atom is 0.210 e. The molecule has 4 nitrogen and oxygen atoms in total. The molecule has 4 N–H and O–H groups in total. The van der Waals surface area contributed by atoms with Gasteiger partial charge in [0.15, 0.2) is 0 Å². The SMILES string of the molecule is CCN=C(NN)Nc1cc(F)ccc1F. The Morgan fingerprint density at radius 2 is 2.20 bits per heavy atom. The maximum absolute atomic E-state index is 13.2. The average Bonchev–Trinajstić information content (AvgIpc) is 2.22. The molecule has 0 amide bonds. The van der Waals surface area contributed by atoms with Crippen LogP contribution in [-0.4, -0.2) is 12.5 Å². The van der Waals surface area contributed by atoms with Gasteiger partial charge in [0.1, 0.15) is 11.6 Å². The standard InChI is InChI=1S/C9H12F2N4/c1-2-13-9(15-12)14-8-5-6(10)3-4-7(8)11/h3-5H,2,12H2,1H3,(H2,13,14,15). The number of benzene rings is 1. The Balaban J connectivity index is 2.87. The van der Waals surface area contributed by atoms with Crippen molar-refractivity contribution < 1.29 is 8.78 Å². The fraction of sp³-hybridized carbons (Fsp3) is 0.222. The zero-order valence-corrected chi connectivity index (χ0v) is 8.22. The van der Waals surface area contributed by atoms with E-state index in [1.165, 1.54) is 0 Å². The second kappa shape index (κ2) is 5.26. The van der Waals surface area contributed by atoms with Crippen molar-refractivity contribution in [2.45, 2.75) is 6.92 Å². The number of anilines is 1. The minimum absolute atomic E-state index is 0.0137. The first-order chi connectivity index (χ1) is 7.17. The molecule has 82 valence electrons. The van der Waals surface area contributed by atoms with Crippen molar-refractivity contribution in [2.75, 3.05) is 11.9 Å². The molecule has 0 aromatic heterocycles. The molecule has 1 aromatic carbocycles. The predicted octanol–water partition coefficient (Wildman–Crippen LogP) is 1.22. The third-order valence-electron chi connectivity index (χ3n) is 1.63. The minimum Gasteiger partial charge on any atom is -0.323 e. The van der Waals surface area contributed by atoms with Gasteiger partial charge in [-0.3, -0.25) is 10.4 Å². The predicted molar refractivity (Wildman–Crippen MR) is 55.3 cm³/mol. The number of nitrogens with two attached hydrogens (primary N) is 1. The summed E-state index contributed by atoms with van der Waals surface area (Å²) in [4.78, 5) is 3.89. The molecule has 0 atom stereocenters. The molecule has 0 bridgehead atoms. The molecule has 0 aliphatic rings. The van der Waals surface area contributed by atoms with E-state index in [0.717, 1.165) is 18.2 Å². The van der Waals surface area contributed by atoms with Gasteiger partial charge in [0, 0.05) is 12.6 Å². The molecule has 0 aliphatic heterocycles. The molecule has 0 aliphatic carbocycles. The highest BCUT2D eigenvalue weighted by molar-refractivity contribution is 5.93. The molecule has 0 fully saturated rings. The third-order valence-corrected chi connectivity index (χ3v) is 1.63. The van der Waals surface area contributed by atoms with E-state index in [4.69, 9.17) is 5.84 Å². The number of guanidine groups is 1. The molecule has 1 aromatic rings. The summed E-state index contributed by atoms with van der Waals surface area (Å²) < 4.78 is 25.9. The summed E-state index contributed by atoms with van der Waals surface area (Å²) in [7, 11) is 0. The van der Waals surface area contributed by atoms with Gasteiger partial charge in [-0.25, -0.2) is 14.6 Å². The van der Waals surface area contributed by atoms with Gasteiger partial charge in [-0.2, -0.15) is 0 Å². The normalized spacial score (nSPS) is 11.3. The summed E-state index contributed by atoms with van der Waals surface area (Å²) in [5.41, 5.74) is 2.23. The first-order valence-electron chi connectivity index (χ1n) is 4.40. The van der Waals surface area contributed by atoms with Crippen LogP contribution in [0.4, 0.5) is 14.5 Å². The highest BCUT2D eigenvalue weighted by Gasteiger charge is 2.05. The van der Waals surface area contributed by atoms with E-state index in [0.29, 0.717) is 6.54 Å². The Kier molecular flexibility index (Phi) is 3.99. The Bertz CT molecular complexity index is 365. The van der Waals surface area contributed by atoms with Crippen LogP contribution in [0.1, 0.15) is 6.92 Å². The van der Waals surface area contributed by atoms with Gasteiger partial charge in [-0.15, -0.1) is 0 Å². The molecule has 0 saturated carbocycles. The number of aliphatic imine (C=N–C) groups is 1. The Morgan fingerprint density at radius 3 is 2.80 bits per heavy atom. The first kappa shape index (κ1) is 11.4. The average molecular weight is 214 g/mol. The minimum atomic E-state index is -0.574. The fourth-order valence-electron chi connectivity index (χ4n) is 1.00. The van der Waals surface area contributed by atoms with Gasteiger partial charge < -0.3 is 5.32 Å². The number of halogens is 2. The highest BCUT2D eigenvalue weighted by atomic mass is 19.1. The molecule has 1 rings (SSSR count). The van der Waals surface area contributed by atoms with Crippen LogP contribution in [0.2, 0.25) is 0 Å². The summed E-state index contributed by atoms with van der Waals surface area (Å²) in [5.74, 6) is 4.21. The topological polar surface area (TPSA) is 62.4 Å². The molecule has 0 spiro atoms. The van der Waals surface area contributed by atoms with Crippen molar-refractivity contribution in [1.29, 1.82) is 0 Å². The monoisotopic (exact) mass is 214 g/mol. The van der Waals surface area contributed by atoms with Gasteiger partial charge in [0.05, 0.1) is 5.69 Å². The Hall–Kier alpha value is -1.69. The number of hydrazine groups is 1. The van der Waals surface area contributed by atoms with E-state index in [9.17, 15) is 8.78 Å². The van der Waals surface area contributed by atoms with Crippen molar-refractivity contribution in [3.63, 3.8) is 0 Å². The third kappa shape index (κ3) is 3.17. The van der Waals surface area contributed by atoms with Crippen molar-refractivity contribution in [1.82, 2.24) is 5.43 Å². The number of nitrogens with zero attached hydrogens (tertiary/aromatic N) is 1. The maximum atomic E-state index is 13.2. The molecule has 0 radical (unpaired) electrons. The Labute approximate surface area is 86.2 Å². The molecule has 0 unspecified atom stereocenters. The lowest BCUT2D eigenvalue weighted by atomic mass is 10.3. The highest BCUT2D eigenvalue weighted by Crippen LogP contribution is 2.14. The molecule has 0 saturated heterocycles. The zero-order chi connectivity index (χ0) is 11.3. The van der Waals surface area contributed by atoms with Crippen LogP contribution >= 0.6 is 0 Å². The number of hydrogen-bond acceptors (Lipinski definition) is 2. The molecular formula is C9H12F2N4. The van der Waals surface area contributed by atoms with Crippen LogP contribution in [0.3, 0.4) is 0 Å². The first-order valence-corrected chi connectivity index (χ1v) is 4.40. The Morgan fingerprint density at radius 1 is 1.47 bits per heavy atom. The van der Waals surface area contributed by atoms with E-state index < -0.39 is 11.6 Å². The van der Waals surface area contributed by atoms with E-state index in [1.807, 2.05) is 0 Å². The second-order valence-corrected chi connectivity index (χ2v) is 2.72. The van der Waals surface area contributed by atoms with Crippen LogP contribution < -0.4 is 16.6 Å². The summed E-state index contributed by atoms with van der Waals surface area (Å²) in [6, 6.07) is 3.09. The largest absolute Gasteiger partial charge is 0.323 e. The lowest BCUT2D eigenvalue weighted by molar-refractivity contribution is 0.603.